The molecule has 5 nitrogen and oxygen atoms in total. The average molecular weight is 197 g/mol. The lowest BCUT2D eigenvalue weighted by Crippen LogP contribution is -2.32. The first-order chi connectivity index (χ1) is 5.45. The maximum Gasteiger partial charge on any atom is 0.267 e. The normalized spacial score (nSPS) is 14.6. The molecule has 6 heteroatoms. The van der Waals surface area contributed by atoms with Crippen LogP contribution in [0.3, 0.4) is 0 Å². The van der Waals surface area contributed by atoms with Crippen LogP contribution in [0.4, 0.5) is 0 Å². The van der Waals surface area contributed by atoms with Crippen molar-refractivity contribution in [2.45, 2.75) is 19.4 Å². The molecule has 3 N–H and O–H groups in total. The molecule has 0 aliphatic rings. The molecule has 0 rings (SSSR count). The summed E-state index contributed by atoms with van der Waals surface area (Å²) in [6.45, 7) is 2.87. The van der Waals surface area contributed by atoms with Gasteiger partial charge in [-0.2, -0.15) is 8.42 Å². The summed E-state index contributed by atoms with van der Waals surface area (Å²) in [6.07, 6.45) is -0.120. The summed E-state index contributed by atoms with van der Waals surface area (Å²) in [6, 6.07) is 0. The van der Waals surface area contributed by atoms with Gasteiger partial charge >= 0.3 is 0 Å². The molecule has 0 heterocycles. The molecule has 0 aromatic heterocycles. The van der Waals surface area contributed by atoms with E-state index in [-0.39, 0.29) is 6.54 Å². The van der Waals surface area contributed by atoms with Gasteiger partial charge in [0.2, 0.25) is 0 Å². The fraction of sp³-hybridized carbons (Fsp3) is 1.00. The van der Waals surface area contributed by atoms with Crippen molar-refractivity contribution in [2.75, 3.05) is 18.8 Å². The minimum absolute atomic E-state index is 0.188. The zero-order chi connectivity index (χ0) is 9.61. The van der Waals surface area contributed by atoms with E-state index in [2.05, 4.69) is 5.32 Å². The number of aliphatic hydroxyl groups excluding tert-OH is 1. The van der Waals surface area contributed by atoms with Crippen molar-refractivity contribution >= 4 is 10.1 Å². The molecule has 0 radical (unpaired) electrons. The van der Waals surface area contributed by atoms with Crippen LogP contribution in [-0.4, -0.2) is 43.0 Å². The molecule has 0 saturated heterocycles. The van der Waals surface area contributed by atoms with Crippen LogP contribution in [0, 0.1) is 0 Å². The van der Waals surface area contributed by atoms with E-state index in [9.17, 15) is 8.42 Å². The smallest absolute Gasteiger partial charge is 0.267 e. The molecular weight excluding hydrogens is 182 g/mol. The maximum absolute atomic E-state index is 10.2. The van der Waals surface area contributed by atoms with Gasteiger partial charge in [-0.25, -0.2) is 0 Å². The lowest BCUT2D eigenvalue weighted by Gasteiger charge is -2.08. The molecule has 12 heavy (non-hydrogen) atoms. The fourth-order valence-electron chi connectivity index (χ4n) is 0.747. The standard InChI is InChI=1S/C6H15NO4S/c1-2-3-7-4-6(8)5-12(9,10)11/h6-8H,2-5H2,1H3,(H,9,10,11). The van der Waals surface area contributed by atoms with Crippen LogP contribution in [0.25, 0.3) is 0 Å². The average Bonchev–Trinajstić information content (AvgIpc) is 1.84. The lowest BCUT2D eigenvalue weighted by molar-refractivity contribution is 0.191. The Kier molecular flexibility index (Phi) is 5.39. The Morgan fingerprint density at radius 2 is 2.08 bits per heavy atom. The molecule has 0 aromatic rings. The highest BCUT2D eigenvalue weighted by molar-refractivity contribution is 7.85. The predicted molar refractivity (Wildman–Crippen MR) is 45.6 cm³/mol. The highest BCUT2D eigenvalue weighted by Crippen LogP contribution is 1.88. The molecule has 0 amide bonds. The highest BCUT2D eigenvalue weighted by atomic mass is 32.2. The van der Waals surface area contributed by atoms with E-state index in [1.54, 1.807) is 0 Å². The summed E-state index contributed by atoms with van der Waals surface area (Å²) in [4.78, 5) is 0. The molecule has 0 bridgehead atoms. The minimum atomic E-state index is -4.05. The van der Waals surface area contributed by atoms with Gasteiger partial charge in [0, 0.05) is 6.54 Å². The van der Waals surface area contributed by atoms with E-state index >= 15 is 0 Å². The summed E-state index contributed by atoms with van der Waals surface area (Å²) in [5.74, 6) is -0.607. The monoisotopic (exact) mass is 197 g/mol. The summed E-state index contributed by atoms with van der Waals surface area (Å²) < 4.78 is 28.8. The van der Waals surface area contributed by atoms with E-state index in [4.69, 9.17) is 9.66 Å². The number of aliphatic hydroxyl groups is 1. The van der Waals surface area contributed by atoms with Crippen LogP contribution in [0.2, 0.25) is 0 Å². The van der Waals surface area contributed by atoms with E-state index in [1.165, 1.54) is 0 Å². The zero-order valence-corrected chi connectivity index (χ0v) is 7.84. The van der Waals surface area contributed by atoms with Crippen LogP contribution in [0.15, 0.2) is 0 Å². The van der Waals surface area contributed by atoms with Gasteiger partial charge in [0.05, 0.1) is 6.10 Å². The first-order valence-electron chi connectivity index (χ1n) is 3.79. The van der Waals surface area contributed by atoms with Gasteiger partial charge in [0.15, 0.2) is 0 Å². The molecular formula is C6H15NO4S. The second kappa shape index (κ2) is 5.47. The number of rotatable bonds is 6. The SMILES string of the molecule is CCCNCC(O)CS(=O)(=O)O. The molecule has 1 unspecified atom stereocenters. The number of hydrogen-bond donors (Lipinski definition) is 3. The second-order valence-electron chi connectivity index (χ2n) is 2.61. The van der Waals surface area contributed by atoms with E-state index in [1.807, 2.05) is 6.92 Å². The lowest BCUT2D eigenvalue weighted by atomic mass is 10.4. The fourth-order valence-corrected chi connectivity index (χ4v) is 1.35. The van der Waals surface area contributed by atoms with Crippen LogP contribution in [0.1, 0.15) is 13.3 Å². The van der Waals surface area contributed by atoms with Crippen molar-refractivity contribution in [1.29, 1.82) is 0 Å². The topological polar surface area (TPSA) is 86.6 Å². The summed E-state index contributed by atoms with van der Waals surface area (Å²) >= 11 is 0. The summed E-state index contributed by atoms with van der Waals surface area (Å²) in [5.41, 5.74) is 0. The molecule has 0 aliphatic carbocycles. The Hall–Kier alpha value is -0.170. The Bertz CT molecular complexity index is 202. The van der Waals surface area contributed by atoms with Gasteiger partial charge < -0.3 is 10.4 Å². The predicted octanol–water partition coefficient (Wildman–Crippen LogP) is -0.765. The van der Waals surface area contributed by atoms with Crippen molar-refractivity contribution in [3.63, 3.8) is 0 Å². The third kappa shape index (κ3) is 7.93. The van der Waals surface area contributed by atoms with Crippen molar-refractivity contribution in [3.05, 3.63) is 0 Å². The first kappa shape index (κ1) is 11.8. The number of nitrogens with one attached hydrogen (secondary N) is 1. The molecule has 74 valence electrons. The number of hydrogen-bond acceptors (Lipinski definition) is 4. The molecule has 0 saturated carbocycles. The van der Waals surface area contributed by atoms with Crippen LogP contribution in [-0.2, 0) is 10.1 Å². The van der Waals surface area contributed by atoms with E-state index < -0.39 is 22.0 Å². The van der Waals surface area contributed by atoms with Crippen LogP contribution >= 0.6 is 0 Å². The molecule has 0 spiro atoms. The highest BCUT2D eigenvalue weighted by Gasteiger charge is 2.12. The van der Waals surface area contributed by atoms with Gasteiger partial charge in [-0.3, -0.25) is 4.55 Å². The largest absolute Gasteiger partial charge is 0.391 e. The second-order valence-corrected chi connectivity index (χ2v) is 4.10. The third-order valence-corrected chi connectivity index (χ3v) is 2.02. The van der Waals surface area contributed by atoms with Crippen molar-refractivity contribution in [2.24, 2.45) is 0 Å². The van der Waals surface area contributed by atoms with Crippen LogP contribution in [0.5, 0.6) is 0 Å². The van der Waals surface area contributed by atoms with Gasteiger partial charge in [0.1, 0.15) is 5.75 Å². The quantitative estimate of drug-likeness (QED) is 0.384. The van der Waals surface area contributed by atoms with Crippen molar-refractivity contribution in [3.8, 4) is 0 Å². The molecule has 0 fully saturated rings. The van der Waals surface area contributed by atoms with Gasteiger partial charge in [0.25, 0.3) is 10.1 Å². The Balaban J connectivity index is 3.53. The molecule has 1 atom stereocenters. The van der Waals surface area contributed by atoms with Gasteiger partial charge in [-0.15, -0.1) is 0 Å². The first-order valence-corrected chi connectivity index (χ1v) is 5.40. The van der Waals surface area contributed by atoms with E-state index in [0.29, 0.717) is 0 Å². The molecule has 0 aliphatic heterocycles. The Labute approximate surface area is 72.5 Å². The van der Waals surface area contributed by atoms with Gasteiger partial charge in [-0.1, -0.05) is 6.92 Å². The van der Waals surface area contributed by atoms with E-state index in [0.717, 1.165) is 13.0 Å². The Morgan fingerprint density at radius 1 is 1.50 bits per heavy atom. The van der Waals surface area contributed by atoms with Crippen molar-refractivity contribution < 1.29 is 18.1 Å². The van der Waals surface area contributed by atoms with Gasteiger partial charge in [-0.05, 0) is 13.0 Å². The molecule has 0 aromatic carbocycles. The minimum Gasteiger partial charge on any atom is -0.391 e. The van der Waals surface area contributed by atoms with Crippen molar-refractivity contribution in [1.82, 2.24) is 5.32 Å². The summed E-state index contributed by atoms with van der Waals surface area (Å²) in [7, 11) is -4.05. The zero-order valence-electron chi connectivity index (χ0n) is 7.02. The maximum atomic E-state index is 10.2. The summed E-state index contributed by atoms with van der Waals surface area (Å²) in [5, 5.41) is 11.8. The van der Waals surface area contributed by atoms with Crippen LogP contribution < -0.4 is 5.32 Å². The third-order valence-electron chi connectivity index (χ3n) is 1.21. The Morgan fingerprint density at radius 3 is 2.50 bits per heavy atom.